The summed E-state index contributed by atoms with van der Waals surface area (Å²) in [4.78, 5) is 31.1. The zero-order chi connectivity index (χ0) is 19.5. The van der Waals surface area contributed by atoms with E-state index in [1.165, 1.54) is 0 Å². The highest BCUT2D eigenvalue weighted by atomic mass is 16.2. The lowest BCUT2D eigenvalue weighted by Crippen LogP contribution is -2.48. The predicted octanol–water partition coefficient (Wildman–Crippen LogP) is 3.00. The van der Waals surface area contributed by atoms with Gasteiger partial charge in [-0.15, -0.1) is 0 Å². The molecule has 0 spiro atoms. The van der Waals surface area contributed by atoms with Crippen LogP contribution in [-0.2, 0) is 16.1 Å². The SMILES string of the molecule is CN(Cc1ccc(N(C)C)cc1)C(=O)C1CCCN(C(=O)C(C)(C)C)C1. The maximum Gasteiger partial charge on any atom is 0.227 e. The molecule has 0 aliphatic carbocycles. The molecule has 1 unspecified atom stereocenters. The number of amides is 2. The average molecular weight is 360 g/mol. The molecule has 0 aromatic heterocycles. The monoisotopic (exact) mass is 359 g/mol. The molecule has 1 aromatic rings. The van der Waals surface area contributed by atoms with Crippen LogP contribution in [0.2, 0.25) is 0 Å². The van der Waals surface area contributed by atoms with Gasteiger partial charge in [0.2, 0.25) is 11.8 Å². The van der Waals surface area contributed by atoms with Gasteiger partial charge in [0, 0.05) is 51.9 Å². The van der Waals surface area contributed by atoms with Crippen molar-refractivity contribution in [3.63, 3.8) is 0 Å². The van der Waals surface area contributed by atoms with Crippen molar-refractivity contribution in [1.29, 1.82) is 0 Å². The van der Waals surface area contributed by atoms with Crippen LogP contribution in [0, 0.1) is 11.3 Å². The molecular weight excluding hydrogens is 326 g/mol. The molecule has 0 bridgehead atoms. The van der Waals surface area contributed by atoms with Gasteiger partial charge in [-0.25, -0.2) is 0 Å². The maximum absolute atomic E-state index is 12.9. The second kappa shape index (κ2) is 8.11. The number of nitrogens with zero attached hydrogens (tertiary/aromatic N) is 3. The number of piperidine rings is 1. The van der Waals surface area contributed by atoms with Crippen molar-refractivity contribution in [2.45, 2.75) is 40.2 Å². The topological polar surface area (TPSA) is 43.9 Å². The van der Waals surface area contributed by atoms with Crippen molar-refractivity contribution < 1.29 is 9.59 Å². The number of rotatable bonds is 4. The molecule has 1 saturated heterocycles. The van der Waals surface area contributed by atoms with E-state index < -0.39 is 5.41 Å². The first-order chi connectivity index (χ1) is 12.1. The van der Waals surface area contributed by atoms with Crippen LogP contribution in [0.15, 0.2) is 24.3 Å². The zero-order valence-corrected chi connectivity index (χ0v) is 17.1. The van der Waals surface area contributed by atoms with Gasteiger partial charge in [-0.2, -0.15) is 0 Å². The Hall–Kier alpha value is -2.04. The second-order valence-corrected chi connectivity index (χ2v) is 8.60. The molecule has 1 atom stereocenters. The highest BCUT2D eigenvalue weighted by Crippen LogP contribution is 2.25. The molecule has 2 rings (SSSR count). The molecule has 5 heteroatoms. The Morgan fingerprint density at radius 2 is 1.73 bits per heavy atom. The minimum Gasteiger partial charge on any atom is -0.378 e. The van der Waals surface area contributed by atoms with Crippen molar-refractivity contribution in [1.82, 2.24) is 9.80 Å². The van der Waals surface area contributed by atoms with Gasteiger partial charge in [0.15, 0.2) is 0 Å². The van der Waals surface area contributed by atoms with Gasteiger partial charge in [0.1, 0.15) is 0 Å². The molecule has 1 fully saturated rings. The van der Waals surface area contributed by atoms with Crippen LogP contribution < -0.4 is 4.90 Å². The van der Waals surface area contributed by atoms with Gasteiger partial charge in [-0.05, 0) is 30.5 Å². The third-order valence-electron chi connectivity index (χ3n) is 4.95. The van der Waals surface area contributed by atoms with Crippen molar-refractivity contribution >= 4 is 17.5 Å². The van der Waals surface area contributed by atoms with E-state index in [-0.39, 0.29) is 17.7 Å². The quantitative estimate of drug-likeness (QED) is 0.830. The number of carbonyl (C=O) groups excluding carboxylic acids is 2. The van der Waals surface area contributed by atoms with E-state index in [0.29, 0.717) is 13.1 Å². The Kier molecular flexibility index (Phi) is 6.32. The third kappa shape index (κ3) is 4.99. The molecule has 1 aliphatic heterocycles. The summed E-state index contributed by atoms with van der Waals surface area (Å²) in [6, 6.07) is 8.26. The van der Waals surface area contributed by atoms with Gasteiger partial charge in [0.25, 0.3) is 0 Å². The third-order valence-corrected chi connectivity index (χ3v) is 4.95. The van der Waals surface area contributed by atoms with Gasteiger partial charge in [-0.3, -0.25) is 9.59 Å². The zero-order valence-electron chi connectivity index (χ0n) is 17.1. The first-order valence-electron chi connectivity index (χ1n) is 9.40. The summed E-state index contributed by atoms with van der Waals surface area (Å²) in [5.74, 6) is 0.172. The Morgan fingerprint density at radius 1 is 1.12 bits per heavy atom. The Morgan fingerprint density at radius 3 is 2.27 bits per heavy atom. The molecule has 0 radical (unpaired) electrons. The molecule has 0 saturated carbocycles. The Bertz CT molecular complexity index is 632. The predicted molar refractivity (Wildman–Crippen MR) is 106 cm³/mol. The molecule has 1 heterocycles. The summed E-state index contributed by atoms with van der Waals surface area (Å²) in [7, 11) is 5.88. The molecule has 1 aliphatic rings. The lowest BCUT2D eigenvalue weighted by atomic mass is 9.90. The van der Waals surface area contributed by atoms with E-state index in [0.717, 1.165) is 30.6 Å². The summed E-state index contributed by atoms with van der Waals surface area (Å²) in [6.07, 6.45) is 1.75. The Labute approximate surface area is 158 Å². The molecule has 0 N–H and O–H groups in total. The molecule has 1 aromatic carbocycles. The lowest BCUT2D eigenvalue weighted by molar-refractivity contribution is -0.145. The fraction of sp³-hybridized carbons (Fsp3) is 0.619. The minimum atomic E-state index is -0.398. The number of hydrogen-bond donors (Lipinski definition) is 0. The molecular formula is C21H33N3O2. The van der Waals surface area contributed by atoms with E-state index in [1.807, 2.05) is 46.8 Å². The molecule has 2 amide bonds. The normalized spacial score (nSPS) is 17.8. The number of hydrogen-bond acceptors (Lipinski definition) is 3. The largest absolute Gasteiger partial charge is 0.378 e. The van der Waals surface area contributed by atoms with E-state index in [2.05, 4.69) is 29.2 Å². The van der Waals surface area contributed by atoms with Crippen LogP contribution in [-0.4, -0.2) is 55.8 Å². The van der Waals surface area contributed by atoms with Crippen LogP contribution >= 0.6 is 0 Å². The van der Waals surface area contributed by atoms with Gasteiger partial charge in [-0.1, -0.05) is 32.9 Å². The van der Waals surface area contributed by atoms with Crippen molar-refractivity contribution in [2.75, 3.05) is 39.1 Å². The van der Waals surface area contributed by atoms with Crippen LogP contribution in [0.4, 0.5) is 5.69 Å². The van der Waals surface area contributed by atoms with Crippen LogP contribution in [0.25, 0.3) is 0 Å². The van der Waals surface area contributed by atoms with E-state index in [9.17, 15) is 9.59 Å². The first-order valence-corrected chi connectivity index (χ1v) is 9.40. The number of anilines is 1. The fourth-order valence-corrected chi connectivity index (χ4v) is 3.40. The van der Waals surface area contributed by atoms with Crippen molar-refractivity contribution in [2.24, 2.45) is 11.3 Å². The summed E-state index contributed by atoms with van der Waals surface area (Å²) >= 11 is 0. The summed E-state index contributed by atoms with van der Waals surface area (Å²) in [5.41, 5.74) is 1.86. The summed E-state index contributed by atoms with van der Waals surface area (Å²) < 4.78 is 0. The smallest absolute Gasteiger partial charge is 0.227 e. The van der Waals surface area contributed by atoms with Gasteiger partial charge < -0.3 is 14.7 Å². The van der Waals surface area contributed by atoms with E-state index in [4.69, 9.17) is 0 Å². The molecule has 144 valence electrons. The van der Waals surface area contributed by atoms with E-state index in [1.54, 1.807) is 4.90 Å². The van der Waals surface area contributed by atoms with Crippen molar-refractivity contribution in [3.8, 4) is 0 Å². The second-order valence-electron chi connectivity index (χ2n) is 8.60. The van der Waals surface area contributed by atoms with Gasteiger partial charge in [0.05, 0.1) is 5.92 Å². The van der Waals surface area contributed by atoms with Crippen molar-refractivity contribution in [3.05, 3.63) is 29.8 Å². The number of carbonyl (C=O) groups is 2. The highest BCUT2D eigenvalue weighted by Gasteiger charge is 2.34. The lowest BCUT2D eigenvalue weighted by Gasteiger charge is -2.37. The first kappa shape index (κ1) is 20.3. The van der Waals surface area contributed by atoms with Crippen LogP contribution in [0.1, 0.15) is 39.2 Å². The van der Waals surface area contributed by atoms with E-state index >= 15 is 0 Å². The fourth-order valence-electron chi connectivity index (χ4n) is 3.40. The summed E-state index contributed by atoms with van der Waals surface area (Å²) in [5, 5.41) is 0. The number of likely N-dealkylation sites (tertiary alicyclic amines) is 1. The van der Waals surface area contributed by atoms with Crippen LogP contribution in [0.3, 0.4) is 0 Å². The summed E-state index contributed by atoms with van der Waals surface area (Å²) in [6.45, 7) is 7.70. The van der Waals surface area contributed by atoms with Gasteiger partial charge >= 0.3 is 0 Å². The average Bonchev–Trinajstić information content (AvgIpc) is 2.60. The molecule has 5 nitrogen and oxygen atoms in total. The Balaban J connectivity index is 1.97. The number of benzene rings is 1. The highest BCUT2D eigenvalue weighted by molar-refractivity contribution is 5.83. The minimum absolute atomic E-state index is 0.0962. The molecule has 26 heavy (non-hydrogen) atoms. The van der Waals surface area contributed by atoms with Crippen LogP contribution in [0.5, 0.6) is 0 Å². The standard InChI is InChI=1S/C21H33N3O2/c1-21(2,3)20(26)24-13-7-8-17(15-24)19(25)23(6)14-16-9-11-18(12-10-16)22(4)5/h9-12,17H,7-8,13-15H2,1-6H3. The maximum atomic E-state index is 12.9.